The molecule has 0 aliphatic rings. The Hall–Kier alpha value is -2.47. The first kappa shape index (κ1) is 13.5. The highest BCUT2D eigenvalue weighted by molar-refractivity contribution is 7.22. The Kier molecular flexibility index (Phi) is 3.53. The van der Waals surface area contributed by atoms with Gasteiger partial charge in [-0.2, -0.15) is 0 Å². The number of ether oxygens (including phenoxy) is 1. The van der Waals surface area contributed by atoms with Gasteiger partial charge in [0, 0.05) is 0 Å². The monoisotopic (exact) mass is 302 g/mol. The number of hydrogen-bond donors (Lipinski definition) is 1. The normalized spacial score (nSPS) is 10.6. The minimum absolute atomic E-state index is 0.313. The van der Waals surface area contributed by atoms with Crippen molar-refractivity contribution in [1.29, 1.82) is 0 Å². The third kappa shape index (κ3) is 2.71. The molecule has 2 aromatic carbocycles. The molecule has 0 atom stereocenters. The predicted molar refractivity (Wildman–Crippen MR) is 80.5 cm³/mol. The first-order valence-electron chi connectivity index (χ1n) is 6.18. The number of halogens is 1. The summed E-state index contributed by atoms with van der Waals surface area (Å²) in [6, 6.07) is 11.2. The zero-order valence-electron chi connectivity index (χ0n) is 11.1. The summed E-state index contributed by atoms with van der Waals surface area (Å²) in [5, 5.41) is 3.13. The zero-order chi connectivity index (χ0) is 14.8. The number of methoxy groups -OCH3 is 1. The molecule has 0 bridgehead atoms. The molecule has 0 saturated heterocycles. The standard InChI is InChI=1S/C15H11FN2O2S/c1-20-12-5-3-2-4-10(12)14(19)18-15-17-11-7-6-9(16)8-13(11)21-15/h2-8H,1H3,(H,17,18,19). The lowest BCUT2D eigenvalue weighted by molar-refractivity contribution is 0.102. The predicted octanol–water partition coefficient (Wildman–Crippen LogP) is 3.70. The van der Waals surface area contributed by atoms with Crippen LogP contribution < -0.4 is 10.1 Å². The van der Waals surface area contributed by atoms with Gasteiger partial charge in [-0.05, 0) is 30.3 Å². The summed E-state index contributed by atoms with van der Waals surface area (Å²) in [5.74, 6) is -0.150. The second-order valence-corrected chi connectivity index (χ2v) is 5.32. The summed E-state index contributed by atoms with van der Waals surface area (Å²) in [6.07, 6.45) is 0. The topological polar surface area (TPSA) is 51.2 Å². The minimum atomic E-state index is -0.325. The number of nitrogens with one attached hydrogen (secondary N) is 1. The van der Waals surface area contributed by atoms with Gasteiger partial charge < -0.3 is 4.74 Å². The van der Waals surface area contributed by atoms with Gasteiger partial charge in [0.15, 0.2) is 5.13 Å². The van der Waals surface area contributed by atoms with Gasteiger partial charge >= 0.3 is 0 Å². The van der Waals surface area contributed by atoms with Crippen LogP contribution in [0.3, 0.4) is 0 Å². The fourth-order valence-corrected chi connectivity index (χ4v) is 2.83. The number of fused-ring (bicyclic) bond motifs is 1. The van der Waals surface area contributed by atoms with E-state index >= 15 is 0 Å². The van der Waals surface area contributed by atoms with Crippen LogP contribution in [0.4, 0.5) is 9.52 Å². The maximum atomic E-state index is 13.1. The van der Waals surface area contributed by atoms with Crippen LogP contribution in [0, 0.1) is 5.82 Å². The van der Waals surface area contributed by atoms with Gasteiger partial charge in [0.1, 0.15) is 11.6 Å². The molecule has 6 heteroatoms. The van der Waals surface area contributed by atoms with Gasteiger partial charge in [0.2, 0.25) is 0 Å². The highest BCUT2D eigenvalue weighted by atomic mass is 32.1. The first-order valence-corrected chi connectivity index (χ1v) is 6.99. The third-order valence-corrected chi connectivity index (χ3v) is 3.86. The lowest BCUT2D eigenvalue weighted by Crippen LogP contribution is -2.12. The lowest BCUT2D eigenvalue weighted by atomic mass is 10.2. The summed E-state index contributed by atoms with van der Waals surface area (Å²) in [4.78, 5) is 16.5. The van der Waals surface area contributed by atoms with Crippen LogP contribution in [0.15, 0.2) is 42.5 Å². The van der Waals surface area contributed by atoms with Gasteiger partial charge in [-0.25, -0.2) is 9.37 Å². The molecule has 3 aromatic rings. The molecule has 0 radical (unpaired) electrons. The number of carbonyl (C=O) groups is 1. The number of hydrogen-bond acceptors (Lipinski definition) is 4. The van der Waals surface area contributed by atoms with Gasteiger partial charge in [-0.1, -0.05) is 23.5 Å². The largest absolute Gasteiger partial charge is 0.496 e. The first-order chi connectivity index (χ1) is 10.2. The zero-order valence-corrected chi connectivity index (χ0v) is 11.9. The molecule has 0 aliphatic heterocycles. The van der Waals surface area contributed by atoms with Crippen molar-refractivity contribution in [2.45, 2.75) is 0 Å². The van der Waals surface area contributed by atoms with E-state index in [0.717, 1.165) is 0 Å². The van der Waals surface area contributed by atoms with Crippen LogP contribution in [0.5, 0.6) is 5.75 Å². The van der Waals surface area contributed by atoms with Crippen molar-refractivity contribution in [3.05, 3.63) is 53.8 Å². The van der Waals surface area contributed by atoms with Crippen molar-refractivity contribution in [2.24, 2.45) is 0 Å². The summed E-state index contributed by atoms with van der Waals surface area (Å²) in [5.41, 5.74) is 1.07. The molecule has 1 aromatic heterocycles. The second-order valence-electron chi connectivity index (χ2n) is 4.29. The number of carbonyl (C=O) groups excluding carboxylic acids is 1. The van der Waals surface area contributed by atoms with E-state index in [-0.39, 0.29) is 11.7 Å². The lowest BCUT2D eigenvalue weighted by Gasteiger charge is -2.06. The van der Waals surface area contributed by atoms with Crippen molar-refractivity contribution < 1.29 is 13.9 Å². The number of amides is 1. The second kappa shape index (κ2) is 5.49. The highest BCUT2D eigenvalue weighted by Crippen LogP contribution is 2.27. The molecule has 0 spiro atoms. The van der Waals surface area contributed by atoms with Crippen molar-refractivity contribution in [1.82, 2.24) is 4.98 Å². The number of rotatable bonds is 3. The van der Waals surface area contributed by atoms with Crippen molar-refractivity contribution >= 4 is 32.6 Å². The maximum Gasteiger partial charge on any atom is 0.261 e. The van der Waals surface area contributed by atoms with Crippen LogP contribution >= 0.6 is 11.3 Å². The van der Waals surface area contributed by atoms with Gasteiger partial charge in [-0.3, -0.25) is 10.1 Å². The van der Waals surface area contributed by atoms with Crippen LogP contribution in [0.2, 0.25) is 0 Å². The van der Waals surface area contributed by atoms with Crippen molar-refractivity contribution in [3.8, 4) is 5.75 Å². The van der Waals surface area contributed by atoms with E-state index in [1.807, 2.05) is 0 Å². The van der Waals surface area contributed by atoms with E-state index in [1.54, 1.807) is 30.3 Å². The van der Waals surface area contributed by atoms with Crippen molar-refractivity contribution in [2.75, 3.05) is 12.4 Å². The number of anilines is 1. The highest BCUT2D eigenvalue weighted by Gasteiger charge is 2.14. The van der Waals surface area contributed by atoms with E-state index in [9.17, 15) is 9.18 Å². The Labute approximate surface area is 124 Å². The van der Waals surface area contributed by atoms with E-state index in [2.05, 4.69) is 10.3 Å². The average Bonchev–Trinajstić information content (AvgIpc) is 2.88. The van der Waals surface area contributed by atoms with Gasteiger partial charge in [0.25, 0.3) is 5.91 Å². The number of thiazole rings is 1. The molecule has 21 heavy (non-hydrogen) atoms. The van der Waals surface area contributed by atoms with Gasteiger partial charge in [0.05, 0.1) is 22.9 Å². The molecule has 1 amide bonds. The van der Waals surface area contributed by atoms with Crippen molar-refractivity contribution in [3.63, 3.8) is 0 Å². The smallest absolute Gasteiger partial charge is 0.261 e. The Morgan fingerprint density at radius 1 is 1.29 bits per heavy atom. The number of para-hydroxylation sites is 1. The average molecular weight is 302 g/mol. The quantitative estimate of drug-likeness (QED) is 0.802. The number of nitrogens with zero attached hydrogens (tertiary/aromatic N) is 1. The van der Waals surface area contributed by atoms with E-state index < -0.39 is 0 Å². The number of benzene rings is 2. The Morgan fingerprint density at radius 3 is 2.90 bits per heavy atom. The Bertz CT molecular complexity index is 816. The molecular formula is C15H11FN2O2S. The summed E-state index contributed by atoms with van der Waals surface area (Å²) >= 11 is 1.22. The Morgan fingerprint density at radius 2 is 2.10 bits per heavy atom. The number of aromatic nitrogens is 1. The fourth-order valence-electron chi connectivity index (χ4n) is 1.95. The minimum Gasteiger partial charge on any atom is -0.496 e. The molecule has 0 aliphatic carbocycles. The van der Waals surface area contributed by atoms with E-state index in [0.29, 0.717) is 26.7 Å². The summed E-state index contributed by atoms with van der Waals surface area (Å²) in [7, 11) is 1.51. The molecule has 3 rings (SSSR count). The van der Waals surface area contributed by atoms with Crippen LogP contribution in [0.1, 0.15) is 10.4 Å². The third-order valence-electron chi connectivity index (χ3n) is 2.92. The Balaban J connectivity index is 1.89. The summed E-state index contributed by atoms with van der Waals surface area (Å²) in [6.45, 7) is 0. The SMILES string of the molecule is COc1ccccc1C(=O)Nc1nc2ccc(F)cc2s1. The maximum absolute atomic E-state index is 13.1. The molecule has 0 saturated carbocycles. The van der Waals surface area contributed by atoms with Crippen LogP contribution in [0.25, 0.3) is 10.2 Å². The van der Waals surface area contributed by atoms with E-state index in [1.165, 1.54) is 30.6 Å². The fraction of sp³-hybridized carbons (Fsp3) is 0.0667. The van der Waals surface area contributed by atoms with Crippen LogP contribution in [-0.4, -0.2) is 18.0 Å². The molecule has 106 valence electrons. The van der Waals surface area contributed by atoms with Crippen LogP contribution in [-0.2, 0) is 0 Å². The molecular weight excluding hydrogens is 291 g/mol. The molecule has 0 unspecified atom stereocenters. The van der Waals surface area contributed by atoms with E-state index in [4.69, 9.17) is 4.74 Å². The molecule has 1 heterocycles. The molecule has 1 N–H and O–H groups in total. The summed E-state index contributed by atoms with van der Waals surface area (Å²) < 4.78 is 19.0. The molecule has 0 fully saturated rings. The molecule has 4 nitrogen and oxygen atoms in total. The van der Waals surface area contributed by atoms with Gasteiger partial charge in [-0.15, -0.1) is 0 Å².